The molecule has 0 saturated carbocycles. The van der Waals surface area contributed by atoms with Crippen molar-refractivity contribution in [2.75, 3.05) is 5.33 Å². The lowest BCUT2D eigenvalue weighted by Gasteiger charge is -2.18. The van der Waals surface area contributed by atoms with Gasteiger partial charge in [0.25, 0.3) is 0 Å². The fourth-order valence-electron chi connectivity index (χ4n) is 1.50. The maximum Gasteiger partial charge on any atom is 0.106 e. The molecule has 0 radical (unpaired) electrons. The van der Waals surface area contributed by atoms with Gasteiger partial charge in [-0.2, -0.15) is 5.26 Å². The topological polar surface area (TPSA) is 64.2 Å². The van der Waals surface area contributed by atoms with Crippen molar-refractivity contribution in [3.63, 3.8) is 0 Å². The minimum absolute atomic E-state index is 0.418. The van der Waals surface area contributed by atoms with Gasteiger partial charge in [-0.3, -0.25) is 0 Å². The Kier molecular flexibility index (Phi) is 4.94. The number of aliphatic hydroxyl groups excluding tert-OH is 2. The molecule has 0 spiro atoms. The molecule has 3 nitrogen and oxygen atoms in total. The van der Waals surface area contributed by atoms with E-state index in [4.69, 9.17) is 5.26 Å². The van der Waals surface area contributed by atoms with Crippen LogP contribution in [0.3, 0.4) is 0 Å². The van der Waals surface area contributed by atoms with Gasteiger partial charge in [0, 0.05) is 10.9 Å². The summed E-state index contributed by atoms with van der Waals surface area (Å²) in [6.45, 7) is 1.88. The number of alkyl halides is 1. The van der Waals surface area contributed by atoms with Crippen LogP contribution in [0.25, 0.3) is 0 Å². The molecule has 0 aliphatic heterocycles. The zero-order valence-corrected chi connectivity index (χ0v) is 10.6. The summed E-state index contributed by atoms with van der Waals surface area (Å²) in [6, 6.07) is 7.25. The van der Waals surface area contributed by atoms with Gasteiger partial charge in [0.2, 0.25) is 0 Å². The van der Waals surface area contributed by atoms with Gasteiger partial charge < -0.3 is 10.2 Å². The Morgan fingerprint density at radius 3 is 2.69 bits per heavy atom. The first-order valence-electron chi connectivity index (χ1n) is 5.03. The van der Waals surface area contributed by atoms with Gasteiger partial charge in [-0.25, -0.2) is 0 Å². The van der Waals surface area contributed by atoms with E-state index in [1.165, 1.54) is 0 Å². The number of nitrogens with zero attached hydrogens (tertiary/aromatic N) is 1. The summed E-state index contributed by atoms with van der Waals surface area (Å²) in [7, 11) is 0. The third-order valence-electron chi connectivity index (χ3n) is 2.42. The van der Waals surface area contributed by atoms with Gasteiger partial charge in [0.05, 0.1) is 17.7 Å². The third-order valence-corrected chi connectivity index (χ3v) is 2.88. The second kappa shape index (κ2) is 6.00. The molecule has 2 N–H and O–H groups in total. The standard InChI is InChI=1S/C12H14BrNO2/c1-8-2-3-10(9(6-8)7-14)12(16)11(15)4-5-13/h2-3,6,11-12,15-16H,4-5H2,1H3. The van der Waals surface area contributed by atoms with Gasteiger partial charge in [0.15, 0.2) is 0 Å². The highest BCUT2D eigenvalue weighted by molar-refractivity contribution is 9.09. The average molecular weight is 284 g/mol. The summed E-state index contributed by atoms with van der Waals surface area (Å²) in [6.07, 6.45) is -1.41. The van der Waals surface area contributed by atoms with Crippen LogP contribution in [0.5, 0.6) is 0 Å². The van der Waals surface area contributed by atoms with Crippen LogP contribution in [0.15, 0.2) is 18.2 Å². The van der Waals surface area contributed by atoms with Crippen LogP contribution < -0.4 is 0 Å². The van der Waals surface area contributed by atoms with E-state index >= 15 is 0 Å². The van der Waals surface area contributed by atoms with E-state index in [9.17, 15) is 10.2 Å². The number of hydrogen-bond acceptors (Lipinski definition) is 3. The van der Waals surface area contributed by atoms with Crippen LogP contribution >= 0.6 is 15.9 Å². The molecule has 0 saturated heterocycles. The fraction of sp³-hybridized carbons (Fsp3) is 0.417. The Morgan fingerprint density at radius 1 is 1.44 bits per heavy atom. The van der Waals surface area contributed by atoms with E-state index in [-0.39, 0.29) is 0 Å². The van der Waals surface area contributed by atoms with E-state index in [0.29, 0.717) is 22.9 Å². The molecule has 0 aromatic heterocycles. The number of rotatable bonds is 4. The largest absolute Gasteiger partial charge is 0.390 e. The molecule has 0 aliphatic rings. The first kappa shape index (κ1) is 13.2. The van der Waals surface area contributed by atoms with Crippen molar-refractivity contribution in [3.05, 3.63) is 34.9 Å². The maximum absolute atomic E-state index is 9.90. The Balaban J connectivity index is 2.99. The van der Waals surface area contributed by atoms with Crippen LogP contribution in [0.4, 0.5) is 0 Å². The Labute approximate surface area is 103 Å². The molecule has 1 aromatic carbocycles. The van der Waals surface area contributed by atoms with Crippen molar-refractivity contribution in [2.24, 2.45) is 0 Å². The lowest BCUT2D eigenvalue weighted by Crippen LogP contribution is -2.19. The van der Waals surface area contributed by atoms with Crippen molar-refractivity contribution in [1.82, 2.24) is 0 Å². The number of halogens is 1. The van der Waals surface area contributed by atoms with Crippen molar-refractivity contribution in [1.29, 1.82) is 5.26 Å². The van der Waals surface area contributed by atoms with Crippen LogP contribution in [0, 0.1) is 18.3 Å². The minimum atomic E-state index is -1.01. The van der Waals surface area contributed by atoms with Crippen molar-refractivity contribution in [3.8, 4) is 6.07 Å². The monoisotopic (exact) mass is 283 g/mol. The van der Waals surface area contributed by atoms with Crippen molar-refractivity contribution >= 4 is 15.9 Å². The van der Waals surface area contributed by atoms with E-state index < -0.39 is 12.2 Å². The van der Waals surface area contributed by atoms with E-state index in [0.717, 1.165) is 5.56 Å². The van der Waals surface area contributed by atoms with Crippen LogP contribution in [-0.4, -0.2) is 21.6 Å². The van der Waals surface area contributed by atoms with Crippen LogP contribution in [-0.2, 0) is 0 Å². The molecule has 86 valence electrons. The molecule has 0 amide bonds. The van der Waals surface area contributed by atoms with Gasteiger partial charge in [0.1, 0.15) is 6.10 Å². The number of benzene rings is 1. The van der Waals surface area contributed by atoms with E-state index in [2.05, 4.69) is 15.9 Å². The molecule has 2 unspecified atom stereocenters. The average Bonchev–Trinajstić information content (AvgIpc) is 2.28. The highest BCUT2D eigenvalue weighted by Gasteiger charge is 2.20. The summed E-state index contributed by atoms with van der Waals surface area (Å²) in [5, 5.41) is 29.1. The summed E-state index contributed by atoms with van der Waals surface area (Å²) < 4.78 is 0. The van der Waals surface area contributed by atoms with Gasteiger partial charge in [-0.05, 0) is 25.0 Å². The predicted octanol–water partition coefficient (Wildman–Crippen LogP) is 2.05. The minimum Gasteiger partial charge on any atom is -0.390 e. The normalized spacial score (nSPS) is 14.2. The van der Waals surface area contributed by atoms with Gasteiger partial charge in [-0.15, -0.1) is 0 Å². The zero-order chi connectivity index (χ0) is 12.1. The summed E-state index contributed by atoms with van der Waals surface area (Å²) in [4.78, 5) is 0. The molecule has 1 aromatic rings. The smallest absolute Gasteiger partial charge is 0.106 e. The highest BCUT2D eigenvalue weighted by atomic mass is 79.9. The summed E-state index contributed by atoms with van der Waals surface area (Å²) in [5.74, 6) is 0. The number of hydrogen-bond donors (Lipinski definition) is 2. The number of nitriles is 1. The molecular weight excluding hydrogens is 270 g/mol. The zero-order valence-electron chi connectivity index (χ0n) is 9.02. The molecular formula is C12H14BrNO2. The molecule has 0 heterocycles. The van der Waals surface area contributed by atoms with E-state index in [1.807, 2.05) is 19.1 Å². The molecule has 1 rings (SSSR count). The molecule has 2 atom stereocenters. The molecule has 0 bridgehead atoms. The SMILES string of the molecule is Cc1ccc(C(O)C(O)CCBr)c(C#N)c1. The molecule has 0 aliphatic carbocycles. The molecule has 4 heteroatoms. The predicted molar refractivity (Wildman–Crippen MR) is 65.3 cm³/mol. The van der Waals surface area contributed by atoms with E-state index in [1.54, 1.807) is 12.1 Å². The second-order valence-electron chi connectivity index (χ2n) is 3.69. The first-order valence-corrected chi connectivity index (χ1v) is 6.15. The van der Waals surface area contributed by atoms with Crippen LogP contribution in [0.2, 0.25) is 0 Å². The third kappa shape index (κ3) is 3.05. The second-order valence-corrected chi connectivity index (χ2v) is 4.49. The van der Waals surface area contributed by atoms with Crippen molar-refractivity contribution < 1.29 is 10.2 Å². The van der Waals surface area contributed by atoms with Crippen LogP contribution in [0.1, 0.15) is 29.2 Å². The Morgan fingerprint density at radius 2 is 2.12 bits per heavy atom. The Hall–Kier alpha value is -0.890. The lowest BCUT2D eigenvalue weighted by molar-refractivity contribution is 0.0172. The quantitative estimate of drug-likeness (QED) is 0.832. The first-order chi connectivity index (χ1) is 7.60. The van der Waals surface area contributed by atoms with Crippen molar-refractivity contribution in [2.45, 2.75) is 25.6 Å². The Bertz CT molecular complexity index is 400. The molecule has 0 fully saturated rings. The van der Waals surface area contributed by atoms with Gasteiger partial charge >= 0.3 is 0 Å². The lowest BCUT2D eigenvalue weighted by atomic mass is 9.96. The molecule has 16 heavy (non-hydrogen) atoms. The number of aryl methyl sites for hydroxylation is 1. The number of aliphatic hydroxyl groups is 2. The fourth-order valence-corrected chi connectivity index (χ4v) is 1.97. The van der Waals surface area contributed by atoms with Gasteiger partial charge in [-0.1, -0.05) is 28.1 Å². The summed E-state index contributed by atoms with van der Waals surface area (Å²) >= 11 is 3.20. The highest BCUT2D eigenvalue weighted by Crippen LogP contribution is 2.23. The maximum atomic E-state index is 9.90. The summed E-state index contributed by atoms with van der Waals surface area (Å²) in [5.41, 5.74) is 1.87.